The highest BCUT2D eigenvalue weighted by atomic mass is 32.2. The van der Waals surface area contributed by atoms with Gasteiger partial charge in [0.2, 0.25) is 0 Å². The third kappa shape index (κ3) is 5.33. The minimum Gasteiger partial charge on any atom is -0.493 e. The van der Waals surface area contributed by atoms with Crippen molar-refractivity contribution in [1.29, 1.82) is 0 Å². The summed E-state index contributed by atoms with van der Waals surface area (Å²) in [5.74, 6) is 0.109. The number of hydrogen-bond donors (Lipinski definition) is 1. The zero-order valence-electron chi connectivity index (χ0n) is 17.0. The van der Waals surface area contributed by atoms with Crippen molar-refractivity contribution in [3.63, 3.8) is 0 Å². The highest BCUT2D eigenvalue weighted by Gasteiger charge is 2.24. The third-order valence-electron chi connectivity index (χ3n) is 4.50. The molecule has 32 heavy (non-hydrogen) atoms. The van der Waals surface area contributed by atoms with Crippen LogP contribution in [0.5, 0.6) is 11.5 Å². The van der Waals surface area contributed by atoms with Crippen LogP contribution < -0.4 is 14.8 Å². The molecule has 1 N–H and O–H groups in total. The number of nitrogens with one attached hydrogen (secondary N) is 1. The Balaban J connectivity index is 1.47. The van der Waals surface area contributed by atoms with E-state index in [2.05, 4.69) is 10.3 Å². The fourth-order valence-corrected chi connectivity index (χ4v) is 3.74. The number of benzene rings is 3. The van der Waals surface area contributed by atoms with Gasteiger partial charge >= 0.3 is 0 Å². The lowest BCUT2D eigenvalue weighted by atomic mass is 10.2. The average molecular weight is 452 g/mol. The zero-order valence-corrected chi connectivity index (χ0v) is 17.8. The summed E-state index contributed by atoms with van der Waals surface area (Å²) in [7, 11) is 1.53. The maximum absolute atomic E-state index is 13.0. The minimum atomic E-state index is -0.350. The van der Waals surface area contributed by atoms with Gasteiger partial charge in [-0.3, -0.25) is 4.79 Å². The Hall–Kier alpha value is -3.65. The molecule has 0 spiro atoms. The first kappa shape index (κ1) is 21.6. The van der Waals surface area contributed by atoms with E-state index in [1.54, 1.807) is 36.4 Å². The molecule has 3 aromatic rings. The van der Waals surface area contributed by atoms with Crippen molar-refractivity contribution < 1.29 is 23.0 Å². The van der Waals surface area contributed by atoms with Crippen LogP contribution >= 0.6 is 11.8 Å². The molecule has 8 heteroatoms. The summed E-state index contributed by atoms with van der Waals surface area (Å²) in [6, 6.07) is 17.1. The van der Waals surface area contributed by atoms with Gasteiger partial charge in [-0.2, -0.15) is 0 Å². The van der Waals surface area contributed by atoms with Crippen LogP contribution in [0.25, 0.3) is 6.08 Å². The van der Waals surface area contributed by atoms with E-state index >= 15 is 0 Å². The molecule has 1 saturated heterocycles. The third-order valence-corrected chi connectivity index (χ3v) is 5.41. The molecule has 0 aromatic heterocycles. The SMILES string of the molecule is COc1cc(/C=C2/SC(=Nc3ccc(F)cc3)NC2=O)ccc1OCc1ccc(F)cc1. The lowest BCUT2D eigenvalue weighted by Gasteiger charge is -2.11. The number of methoxy groups -OCH3 is 1. The van der Waals surface area contributed by atoms with Gasteiger partial charge in [-0.15, -0.1) is 0 Å². The van der Waals surface area contributed by atoms with E-state index in [9.17, 15) is 13.6 Å². The number of carbonyl (C=O) groups excluding carboxylic acids is 1. The Labute approximate surface area is 187 Å². The molecule has 1 aliphatic rings. The predicted molar refractivity (Wildman–Crippen MR) is 121 cm³/mol. The van der Waals surface area contributed by atoms with E-state index in [1.165, 1.54) is 55.3 Å². The summed E-state index contributed by atoms with van der Waals surface area (Å²) < 4.78 is 37.3. The van der Waals surface area contributed by atoms with E-state index in [1.807, 2.05) is 0 Å². The fourth-order valence-electron chi connectivity index (χ4n) is 2.90. The molecule has 1 heterocycles. The molecule has 4 rings (SSSR count). The van der Waals surface area contributed by atoms with Gasteiger partial charge in [0.15, 0.2) is 16.7 Å². The molecular formula is C24H18F2N2O3S. The van der Waals surface area contributed by atoms with Crippen LogP contribution in [0, 0.1) is 11.6 Å². The highest BCUT2D eigenvalue weighted by molar-refractivity contribution is 8.18. The van der Waals surface area contributed by atoms with E-state index in [0.29, 0.717) is 27.3 Å². The highest BCUT2D eigenvalue weighted by Crippen LogP contribution is 2.32. The molecule has 0 unspecified atom stereocenters. The lowest BCUT2D eigenvalue weighted by Crippen LogP contribution is -2.19. The number of amidine groups is 1. The quantitative estimate of drug-likeness (QED) is 0.506. The number of thioether (sulfide) groups is 1. The number of ether oxygens (including phenoxy) is 2. The normalized spacial score (nSPS) is 15.8. The number of halogens is 2. The number of amides is 1. The molecule has 0 atom stereocenters. The number of aliphatic imine (C=N–C) groups is 1. The Bertz CT molecular complexity index is 1190. The molecule has 1 fully saturated rings. The molecule has 0 radical (unpaired) electrons. The van der Waals surface area contributed by atoms with Gasteiger partial charge in [0, 0.05) is 0 Å². The van der Waals surface area contributed by atoms with Crippen LogP contribution in [0.4, 0.5) is 14.5 Å². The monoisotopic (exact) mass is 452 g/mol. The molecule has 162 valence electrons. The van der Waals surface area contributed by atoms with Gasteiger partial charge in [-0.25, -0.2) is 13.8 Å². The molecule has 1 amide bonds. The molecular weight excluding hydrogens is 434 g/mol. The smallest absolute Gasteiger partial charge is 0.264 e. The van der Waals surface area contributed by atoms with Crippen LogP contribution in [-0.2, 0) is 11.4 Å². The Morgan fingerprint density at radius 3 is 2.34 bits per heavy atom. The number of carbonyl (C=O) groups is 1. The Kier molecular flexibility index (Phi) is 6.51. The van der Waals surface area contributed by atoms with Crippen LogP contribution in [0.2, 0.25) is 0 Å². The minimum absolute atomic E-state index is 0.262. The molecule has 0 aliphatic carbocycles. The van der Waals surface area contributed by atoms with Gasteiger partial charge in [0.05, 0.1) is 17.7 Å². The summed E-state index contributed by atoms with van der Waals surface area (Å²) in [6.45, 7) is 0.262. The average Bonchev–Trinajstić information content (AvgIpc) is 3.13. The van der Waals surface area contributed by atoms with Gasteiger partial charge in [0.25, 0.3) is 5.91 Å². The van der Waals surface area contributed by atoms with Crippen LogP contribution in [0.15, 0.2) is 76.6 Å². The van der Waals surface area contributed by atoms with Crippen molar-refractivity contribution >= 4 is 34.6 Å². The van der Waals surface area contributed by atoms with E-state index in [4.69, 9.17) is 9.47 Å². The zero-order chi connectivity index (χ0) is 22.5. The van der Waals surface area contributed by atoms with Gasteiger partial charge in [-0.1, -0.05) is 18.2 Å². The second-order valence-corrected chi connectivity index (χ2v) is 7.81. The number of rotatable bonds is 6. The topological polar surface area (TPSA) is 59.9 Å². The lowest BCUT2D eigenvalue weighted by molar-refractivity contribution is -0.115. The number of nitrogens with zero attached hydrogens (tertiary/aromatic N) is 1. The van der Waals surface area contributed by atoms with Gasteiger partial charge in [-0.05, 0) is 77.5 Å². The summed E-state index contributed by atoms with van der Waals surface area (Å²) in [5.41, 5.74) is 2.11. The first-order chi connectivity index (χ1) is 15.5. The Morgan fingerprint density at radius 2 is 1.66 bits per heavy atom. The molecule has 0 saturated carbocycles. The maximum atomic E-state index is 13.0. The van der Waals surface area contributed by atoms with Crippen LogP contribution in [0.1, 0.15) is 11.1 Å². The molecule has 5 nitrogen and oxygen atoms in total. The molecule has 1 aliphatic heterocycles. The molecule has 0 bridgehead atoms. The van der Waals surface area contributed by atoms with Crippen molar-refractivity contribution in [2.45, 2.75) is 6.61 Å². The summed E-state index contributed by atoms with van der Waals surface area (Å²) in [5, 5.41) is 3.11. The summed E-state index contributed by atoms with van der Waals surface area (Å²) in [4.78, 5) is 17.1. The van der Waals surface area contributed by atoms with Crippen molar-refractivity contribution in [3.8, 4) is 11.5 Å². The van der Waals surface area contributed by atoms with Crippen LogP contribution in [0.3, 0.4) is 0 Å². The molecule has 3 aromatic carbocycles. The van der Waals surface area contributed by atoms with Crippen molar-refractivity contribution in [1.82, 2.24) is 5.32 Å². The Morgan fingerprint density at radius 1 is 0.969 bits per heavy atom. The van der Waals surface area contributed by atoms with Gasteiger partial charge in [0.1, 0.15) is 18.2 Å². The van der Waals surface area contributed by atoms with E-state index in [0.717, 1.165) is 11.1 Å². The second-order valence-electron chi connectivity index (χ2n) is 6.78. The van der Waals surface area contributed by atoms with E-state index in [-0.39, 0.29) is 24.1 Å². The summed E-state index contributed by atoms with van der Waals surface area (Å²) in [6.07, 6.45) is 1.72. The van der Waals surface area contributed by atoms with Crippen LogP contribution in [-0.4, -0.2) is 18.2 Å². The van der Waals surface area contributed by atoms with Gasteiger partial charge < -0.3 is 14.8 Å². The summed E-state index contributed by atoms with van der Waals surface area (Å²) >= 11 is 1.19. The maximum Gasteiger partial charge on any atom is 0.264 e. The fraction of sp³-hybridized carbons (Fsp3) is 0.0833. The first-order valence-electron chi connectivity index (χ1n) is 9.60. The predicted octanol–water partition coefficient (Wildman–Crippen LogP) is 5.44. The van der Waals surface area contributed by atoms with Crippen molar-refractivity contribution in [2.75, 3.05) is 7.11 Å². The second kappa shape index (κ2) is 9.65. The number of hydrogen-bond acceptors (Lipinski definition) is 5. The first-order valence-corrected chi connectivity index (χ1v) is 10.4. The van der Waals surface area contributed by atoms with E-state index < -0.39 is 0 Å². The van der Waals surface area contributed by atoms with Crippen molar-refractivity contribution in [3.05, 3.63) is 94.4 Å². The largest absolute Gasteiger partial charge is 0.493 e. The standard InChI is InChI=1S/C24H18F2N2O3S/c1-30-21-12-16(4-11-20(21)31-14-15-2-5-17(25)6-3-15)13-22-23(29)28-24(32-22)27-19-9-7-18(26)8-10-19/h2-13H,14H2,1H3,(H,27,28,29)/b22-13+. The van der Waals surface area contributed by atoms with Crippen molar-refractivity contribution in [2.24, 2.45) is 4.99 Å².